The fourth-order valence-corrected chi connectivity index (χ4v) is 9.30. The number of aliphatic hydroxyl groups is 2. The molecule has 11 heteroatoms. The lowest BCUT2D eigenvalue weighted by Gasteiger charge is -2.62. The van der Waals surface area contributed by atoms with Crippen molar-refractivity contribution in [3.05, 3.63) is 53.3 Å². The molecule has 0 spiro atoms. The van der Waals surface area contributed by atoms with Gasteiger partial charge < -0.3 is 30.5 Å². The van der Waals surface area contributed by atoms with E-state index >= 15 is 4.39 Å². The van der Waals surface area contributed by atoms with Crippen molar-refractivity contribution in [2.45, 2.75) is 105 Å². The molecule has 4 aliphatic rings. The summed E-state index contributed by atoms with van der Waals surface area (Å²) in [7, 11) is 5.43. The van der Waals surface area contributed by atoms with Gasteiger partial charge in [0.25, 0.3) is 5.91 Å². The number of nitrogens with zero attached hydrogens (tertiary/aromatic N) is 2. The maximum Gasteiger partial charge on any atom is 0.254 e. The molecule has 1 saturated heterocycles. The van der Waals surface area contributed by atoms with Gasteiger partial charge in [-0.25, -0.2) is 4.39 Å². The molecule has 0 radical (unpaired) electrons. The largest absolute Gasteiger partial charge is 0.496 e. The van der Waals surface area contributed by atoms with Crippen LogP contribution in [0.1, 0.15) is 83.7 Å². The minimum atomic E-state index is -0.924. The molecule has 6 rings (SSSR count). The van der Waals surface area contributed by atoms with E-state index in [2.05, 4.69) is 52.2 Å². The van der Waals surface area contributed by atoms with Gasteiger partial charge in [-0.05, 0) is 86.6 Å². The molecule has 3 aliphatic carbocycles. The molecule has 288 valence electrons. The summed E-state index contributed by atoms with van der Waals surface area (Å²) in [6, 6.07) is 8.96. The molecule has 4 fully saturated rings. The van der Waals surface area contributed by atoms with Crippen LogP contribution < -0.4 is 15.4 Å². The molecule has 2 amide bonds. The average Bonchev–Trinajstić information content (AvgIpc) is 3.43. The van der Waals surface area contributed by atoms with Gasteiger partial charge in [0, 0.05) is 35.7 Å². The number of nitrogens with one attached hydrogen (secondary N) is 2. The fourth-order valence-electron chi connectivity index (χ4n) is 9.30. The first-order chi connectivity index (χ1) is 24.4. The summed E-state index contributed by atoms with van der Waals surface area (Å²) < 4.78 is 21.2. The van der Waals surface area contributed by atoms with Crippen molar-refractivity contribution in [3.63, 3.8) is 0 Å². The summed E-state index contributed by atoms with van der Waals surface area (Å²) in [4.78, 5) is 35.9. The number of carbonyl (C=O) groups excluding carboxylic acids is 2. The van der Waals surface area contributed by atoms with E-state index in [9.17, 15) is 19.8 Å². The first kappa shape index (κ1) is 40.1. The number of likely N-dealkylation sites (N-methyl/N-ethyl adjacent to an activating group) is 1. The van der Waals surface area contributed by atoms with Crippen LogP contribution >= 0.6 is 0 Å². The number of hydroxylamine groups is 2. The van der Waals surface area contributed by atoms with E-state index in [4.69, 9.17) is 9.57 Å². The number of fused-ring (bicyclic) bond motifs is 2. The maximum absolute atomic E-state index is 15.3. The molecule has 0 aromatic heterocycles. The van der Waals surface area contributed by atoms with E-state index in [0.717, 1.165) is 12.8 Å². The van der Waals surface area contributed by atoms with Gasteiger partial charge in [-0.15, -0.1) is 0 Å². The molecule has 9 atom stereocenters. The van der Waals surface area contributed by atoms with E-state index < -0.39 is 35.9 Å². The van der Waals surface area contributed by atoms with Gasteiger partial charge in [-0.2, -0.15) is 5.06 Å². The summed E-state index contributed by atoms with van der Waals surface area (Å²) >= 11 is 0. The Labute approximate surface area is 309 Å². The van der Waals surface area contributed by atoms with Crippen LogP contribution in [0.2, 0.25) is 0 Å². The lowest BCUT2D eigenvalue weighted by atomic mass is 9.45. The highest BCUT2D eigenvalue weighted by molar-refractivity contribution is 5.96. The quantitative estimate of drug-likeness (QED) is 0.221. The van der Waals surface area contributed by atoms with Crippen LogP contribution in [0.15, 0.2) is 36.4 Å². The maximum atomic E-state index is 15.3. The number of para-hydroxylation sites is 1. The number of methoxy groups -OCH3 is 1. The number of hydrogen-bond acceptors (Lipinski definition) is 8. The topological polar surface area (TPSA) is 124 Å². The van der Waals surface area contributed by atoms with Gasteiger partial charge in [-0.3, -0.25) is 14.4 Å². The normalized spacial score (nSPS) is 28.2. The SMILES string of the molecule is COc1c(CN2O[C@@H](CO)[C@@H]([C@H](C)O)[C@H]2C(=O)N[C@H]2C[C@H]3C[C@@H]([C@@H]2C)C3(C)C)cccc1-c1ccc(F)c(C(=O)N[C@H](CN(C)C)CC(C)(C)C)c1. The second-order valence-electron chi connectivity index (χ2n) is 17.6. The Morgan fingerprint density at radius 1 is 1.17 bits per heavy atom. The van der Waals surface area contributed by atoms with E-state index in [1.165, 1.54) is 12.5 Å². The molecule has 52 heavy (non-hydrogen) atoms. The number of carbonyl (C=O) groups is 2. The summed E-state index contributed by atoms with van der Waals surface area (Å²) in [5.41, 5.74) is 2.07. The molecular weight excluding hydrogens is 663 g/mol. The Hall–Kier alpha value is -3.09. The lowest BCUT2D eigenvalue weighted by molar-refractivity contribution is -0.183. The van der Waals surface area contributed by atoms with Crippen molar-refractivity contribution >= 4 is 11.8 Å². The summed E-state index contributed by atoms with van der Waals surface area (Å²) in [5.74, 6) is -0.127. The van der Waals surface area contributed by atoms with Crippen molar-refractivity contribution in [2.75, 3.05) is 34.4 Å². The predicted molar refractivity (Wildman–Crippen MR) is 200 cm³/mol. The Balaban J connectivity index is 1.41. The van der Waals surface area contributed by atoms with Crippen molar-refractivity contribution in [1.82, 2.24) is 20.6 Å². The van der Waals surface area contributed by atoms with Crippen LogP contribution in [0.5, 0.6) is 5.75 Å². The minimum Gasteiger partial charge on any atom is -0.496 e. The number of rotatable bonds is 13. The molecule has 0 unspecified atom stereocenters. The molecule has 4 N–H and O–H groups in total. The van der Waals surface area contributed by atoms with Crippen molar-refractivity contribution in [2.24, 2.45) is 34.5 Å². The first-order valence-electron chi connectivity index (χ1n) is 18.8. The first-order valence-corrected chi connectivity index (χ1v) is 18.8. The third kappa shape index (κ3) is 8.34. The van der Waals surface area contributed by atoms with Crippen LogP contribution in [0, 0.1) is 40.3 Å². The second kappa shape index (κ2) is 15.7. The molecule has 2 aromatic carbocycles. The van der Waals surface area contributed by atoms with Gasteiger partial charge >= 0.3 is 0 Å². The van der Waals surface area contributed by atoms with E-state index in [1.807, 2.05) is 37.2 Å². The number of benzene rings is 2. The van der Waals surface area contributed by atoms with Gasteiger partial charge in [-0.1, -0.05) is 65.8 Å². The van der Waals surface area contributed by atoms with Crippen molar-refractivity contribution in [1.29, 1.82) is 0 Å². The Bertz CT molecular complexity index is 1590. The number of halogens is 1. The van der Waals surface area contributed by atoms with Crippen LogP contribution in [-0.2, 0) is 16.2 Å². The Kier molecular flexibility index (Phi) is 12.1. The molecule has 1 heterocycles. The van der Waals surface area contributed by atoms with E-state index in [-0.39, 0.29) is 47.5 Å². The van der Waals surface area contributed by atoms with Crippen LogP contribution in [0.4, 0.5) is 4.39 Å². The van der Waals surface area contributed by atoms with Gasteiger partial charge in [0.1, 0.15) is 23.7 Å². The smallest absolute Gasteiger partial charge is 0.254 e. The summed E-state index contributed by atoms with van der Waals surface area (Å²) in [6.07, 6.45) is 1.11. The molecule has 3 saturated carbocycles. The predicted octanol–water partition coefficient (Wildman–Crippen LogP) is 5.26. The molecule has 2 bridgehead atoms. The molecule has 10 nitrogen and oxygen atoms in total. The molecule has 1 aliphatic heterocycles. The average molecular weight is 725 g/mol. The lowest BCUT2D eigenvalue weighted by Crippen LogP contribution is -2.62. The van der Waals surface area contributed by atoms with E-state index in [0.29, 0.717) is 46.7 Å². The van der Waals surface area contributed by atoms with Gasteiger partial charge in [0.05, 0.1) is 31.9 Å². The van der Waals surface area contributed by atoms with Crippen LogP contribution in [0.3, 0.4) is 0 Å². The second-order valence-corrected chi connectivity index (χ2v) is 17.6. The Morgan fingerprint density at radius 2 is 1.88 bits per heavy atom. The van der Waals surface area contributed by atoms with Gasteiger partial charge in [0.15, 0.2) is 0 Å². The zero-order valence-corrected chi connectivity index (χ0v) is 32.7. The third-order valence-electron chi connectivity index (χ3n) is 12.0. The van der Waals surface area contributed by atoms with Crippen molar-refractivity contribution < 1.29 is 33.8 Å². The molecule has 2 aromatic rings. The van der Waals surface area contributed by atoms with Crippen molar-refractivity contribution in [3.8, 4) is 16.9 Å². The van der Waals surface area contributed by atoms with Gasteiger partial charge in [0.2, 0.25) is 5.91 Å². The monoisotopic (exact) mass is 724 g/mol. The third-order valence-corrected chi connectivity index (χ3v) is 12.0. The highest BCUT2D eigenvalue weighted by Gasteiger charge is 2.57. The number of hydrogen-bond donors (Lipinski definition) is 4. The number of ether oxygens (including phenoxy) is 1. The van der Waals surface area contributed by atoms with E-state index in [1.54, 1.807) is 31.2 Å². The minimum absolute atomic E-state index is 0.0170. The Morgan fingerprint density at radius 3 is 2.46 bits per heavy atom. The summed E-state index contributed by atoms with van der Waals surface area (Å²) in [6.45, 7) is 15.2. The zero-order chi connectivity index (χ0) is 38.3. The standard InChI is InChI=1S/C41H61FN4O6/c1-23-31-17-27(41(31,6)7)18-33(23)44-39(50)36-35(24(2)48)34(22-47)52-46(36)20-26-12-11-13-29(37(26)51-10)25-14-15-32(42)30(16-25)38(49)43-28(21-45(8)9)19-40(3,4)5/h11-16,23-24,27-28,31,33-36,47-48H,17-22H2,1-10H3,(H,43,49)(H,44,50)/t23-,24-,27+,28-,31-,33-,34-,35+,36-/m0/s1. The molecular formula is C41H61FN4O6. The summed E-state index contributed by atoms with van der Waals surface area (Å²) in [5, 5.41) is 29.1. The zero-order valence-electron chi connectivity index (χ0n) is 32.7. The number of amides is 2. The highest BCUT2D eigenvalue weighted by atomic mass is 19.1. The van der Waals surface area contributed by atoms with Crippen LogP contribution in [0.25, 0.3) is 11.1 Å². The number of aliphatic hydroxyl groups excluding tert-OH is 2. The van der Waals surface area contributed by atoms with Crippen LogP contribution in [-0.4, -0.2) is 96.7 Å². The fraction of sp³-hybridized carbons (Fsp3) is 0.659. The highest BCUT2D eigenvalue weighted by Crippen LogP contribution is 2.61.